The van der Waals surface area contributed by atoms with Crippen LogP contribution in [0.1, 0.15) is 33.3 Å². The van der Waals surface area contributed by atoms with Crippen molar-refractivity contribution in [3.63, 3.8) is 0 Å². The van der Waals surface area contributed by atoms with Gasteiger partial charge in [-0.05, 0) is 39.8 Å². The lowest BCUT2D eigenvalue weighted by Gasteiger charge is -2.32. The van der Waals surface area contributed by atoms with E-state index in [-0.39, 0.29) is 0 Å². The zero-order chi connectivity index (χ0) is 20.7. The van der Waals surface area contributed by atoms with Gasteiger partial charge in [0.15, 0.2) is 0 Å². The average Bonchev–Trinajstić information content (AvgIpc) is 3.04. The van der Waals surface area contributed by atoms with E-state index >= 15 is 0 Å². The number of nitrogens with zero attached hydrogens (tertiary/aromatic N) is 3. The molecule has 1 aliphatic heterocycles. The summed E-state index contributed by atoms with van der Waals surface area (Å²) in [5.41, 5.74) is 1.31. The molecule has 6 nitrogen and oxygen atoms in total. The monoisotopic (exact) mass is 399 g/mol. The van der Waals surface area contributed by atoms with Gasteiger partial charge in [0.1, 0.15) is 18.4 Å². The van der Waals surface area contributed by atoms with E-state index in [0.717, 1.165) is 29.1 Å². The third-order valence-electron chi connectivity index (χ3n) is 5.61. The summed E-state index contributed by atoms with van der Waals surface area (Å²) in [7, 11) is -1.64. The molecule has 1 fully saturated rings. The van der Waals surface area contributed by atoms with Gasteiger partial charge in [0, 0.05) is 37.9 Å². The molecule has 2 aromatic rings. The third kappa shape index (κ3) is 4.18. The summed E-state index contributed by atoms with van der Waals surface area (Å²) in [5.74, 6) is 0. The van der Waals surface area contributed by atoms with Gasteiger partial charge in [0.2, 0.25) is 0 Å². The quantitative estimate of drug-likeness (QED) is 0.549. The normalized spacial score (nSPS) is 18.6. The van der Waals surface area contributed by atoms with Gasteiger partial charge in [-0.25, -0.2) is 4.98 Å². The number of rotatable bonds is 6. The smallest absolute Gasteiger partial charge is 0.399 e. The molecule has 0 saturated carbocycles. The van der Waals surface area contributed by atoms with Crippen molar-refractivity contribution in [1.82, 2.24) is 9.55 Å². The predicted molar refractivity (Wildman–Crippen MR) is 114 cm³/mol. The Kier molecular flexibility index (Phi) is 5.49. The number of ether oxygens (including phenoxy) is 1. The molecule has 0 N–H and O–H groups in total. The second-order valence-electron chi connectivity index (χ2n) is 9.70. The summed E-state index contributed by atoms with van der Waals surface area (Å²) in [6, 6.07) is 5.13. The largest absolute Gasteiger partial charge is 0.497 e. The summed E-state index contributed by atoms with van der Waals surface area (Å²) in [6.45, 7) is 16.3. The molecular weight excluding hydrogens is 369 g/mol. The molecule has 0 aliphatic carbocycles. The van der Waals surface area contributed by atoms with Gasteiger partial charge in [0.05, 0.1) is 16.8 Å². The highest BCUT2D eigenvalue weighted by atomic mass is 28.3. The molecule has 0 atom stereocenters. The molecule has 1 saturated heterocycles. The Morgan fingerprint density at radius 1 is 1.21 bits per heavy atom. The molecule has 8 heteroatoms. The minimum absolute atomic E-state index is 0.416. The molecule has 0 radical (unpaired) electrons. The van der Waals surface area contributed by atoms with Crippen molar-refractivity contribution in [2.45, 2.75) is 71.3 Å². The Morgan fingerprint density at radius 2 is 1.86 bits per heavy atom. The molecule has 1 aliphatic rings. The van der Waals surface area contributed by atoms with Crippen molar-refractivity contribution in [3.8, 4) is 6.07 Å². The van der Waals surface area contributed by atoms with Crippen LogP contribution in [0.25, 0.3) is 11.0 Å². The second kappa shape index (κ2) is 7.30. The maximum atomic E-state index is 9.30. The molecule has 0 unspecified atom stereocenters. The molecule has 2 aromatic heterocycles. The maximum absolute atomic E-state index is 9.30. The molecule has 0 bridgehead atoms. The van der Waals surface area contributed by atoms with E-state index in [1.807, 2.05) is 44.5 Å². The highest BCUT2D eigenvalue weighted by Gasteiger charge is 2.52. The van der Waals surface area contributed by atoms with Crippen LogP contribution in [0.5, 0.6) is 0 Å². The van der Waals surface area contributed by atoms with Crippen LogP contribution < -0.4 is 5.46 Å². The standard InChI is InChI=1S/C20H30BN3O3Si/c1-19(2)20(3,4)27-21(26-19)17-13-24(14-25-8-9-28(5,6)7)18-16(17)10-15(11-22)12-23-18/h10,12-13H,8-9,14H2,1-7H3. The number of pyridine rings is 1. The minimum atomic E-state index is -1.14. The van der Waals surface area contributed by atoms with Crippen LogP contribution in [-0.2, 0) is 20.8 Å². The van der Waals surface area contributed by atoms with Gasteiger partial charge in [-0.15, -0.1) is 0 Å². The lowest BCUT2D eigenvalue weighted by atomic mass is 9.79. The molecule has 28 heavy (non-hydrogen) atoms. The number of nitriles is 1. The molecular formula is C20H30BN3O3Si. The van der Waals surface area contributed by atoms with Crippen LogP contribution in [0, 0.1) is 11.3 Å². The maximum Gasteiger partial charge on any atom is 0.497 e. The van der Waals surface area contributed by atoms with E-state index in [1.165, 1.54) is 0 Å². The number of hydrogen-bond acceptors (Lipinski definition) is 5. The Bertz CT molecular complexity index is 896. The minimum Gasteiger partial charge on any atom is -0.399 e. The first kappa shape index (κ1) is 21.1. The van der Waals surface area contributed by atoms with E-state index in [1.54, 1.807) is 6.20 Å². The van der Waals surface area contributed by atoms with Crippen LogP contribution in [0.4, 0.5) is 0 Å². The third-order valence-corrected chi connectivity index (χ3v) is 7.31. The topological polar surface area (TPSA) is 69.3 Å². The lowest BCUT2D eigenvalue weighted by Crippen LogP contribution is -2.41. The number of fused-ring (bicyclic) bond motifs is 1. The highest BCUT2D eigenvalue weighted by molar-refractivity contribution is 6.76. The molecule has 3 rings (SSSR count). The van der Waals surface area contributed by atoms with Gasteiger partial charge < -0.3 is 18.6 Å². The van der Waals surface area contributed by atoms with Crippen molar-refractivity contribution in [2.75, 3.05) is 6.61 Å². The SMILES string of the molecule is CC1(C)OB(c2cn(COCC[Si](C)(C)C)c3ncc(C#N)cc23)OC1(C)C. The summed E-state index contributed by atoms with van der Waals surface area (Å²) in [6.07, 6.45) is 3.57. The molecule has 0 aromatic carbocycles. The molecule has 0 amide bonds. The first-order valence-electron chi connectivity index (χ1n) is 9.76. The first-order chi connectivity index (χ1) is 12.9. The van der Waals surface area contributed by atoms with Crippen molar-refractivity contribution in [2.24, 2.45) is 0 Å². The predicted octanol–water partition coefficient (Wildman–Crippen LogP) is 3.52. The van der Waals surface area contributed by atoms with Crippen LogP contribution >= 0.6 is 0 Å². The van der Waals surface area contributed by atoms with Gasteiger partial charge in [0.25, 0.3) is 0 Å². The fourth-order valence-electron chi connectivity index (χ4n) is 3.06. The van der Waals surface area contributed by atoms with Gasteiger partial charge >= 0.3 is 7.12 Å². The Hall–Kier alpha value is -1.66. The molecule has 150 valence electrons. The van der Waals surface area contributed by atoms with Crippen LogP contribution in [-0.4, -0.2) is 42.6 Å². The Balaban J connectivity index is 1.91. The zero-order valence-corrected chi connectivity index (χ0v) is 19.0. The van der Waals surface area contributed by atoms with Gasteiger partial charge in [-0.1, -0.05) is 19.6 Å². The fraction of sp³-hybridized carbons (Fsp3) is 0.600. The van der Waals surface area contributed by atoms with E-state index < -0.39 is 26.4 Å². The van der Waals surface area contributed by atoms with Crippen molar-refractivity contribution in [1.29, 1.82) is 5.26 Å². The number of aromatic nitrogens is 2. The van der Waals surface area contributed by atoms with Crippen LogP contribution in [0.15, 0.2) is 18.5 Å². The van der Waals surface area contributed by atoms with Crippen molar-refractivity contribution >= 4 is 31.7 Å². The summed E-state index contributed by atoms with van der Waals surface area (Å²) in [4.78, 5) is 4.50. The Morgan fingerprint density at radius 3 is 2.43 bits per heavy atom. The highest BCUT2D eigenvalue weighted by Crippen LogP contribution is 2.37. The number of hydrogen-bond donors (Lipinski definition) is 0. The van der Waals surface area contributed by atoms with Crippen LogP contribution in [0.3, 0.4) is 0 Å². The van der Waals surface area contributed by atoms with Crippen molar-refractivity contribution in [3.05, 3.63) is 24.0 Å². The van der Waals surface area contributed by atoms with Gasteiger partial charge in [-0.3, -0.25) is 0 Å². The summed E-state index contributed by atoms with van der Waals surface area (Å²) in [5, 5.41) is 10.2. The van der Waals surface area contributed by atoms with Gasteiger partial charge in [-0.2, -0.15) is 5.26 Å². The van der Waals surface area contributed by atoms with E-state index in [4.69, 9.17) is 14.0 Å². The summed E-state index contributed by atoms with van der Waals surface area (Å²) < 4.78 is 20.4. The van der Waals surface area contributed by atoms with E-state index in [0.29, 0.717) is 12.3 Å². The molecule has 0 spiro atoms. The van der Waals surface area contributed by atoms with Crippen molar-refractivity contribution < 1.29 is 14.0 Å². The summed E-state index contributed by atoms with van der Waals surface area (Å²) >= 11 is 0. The zero-order valence-electron chi connectivity index (χ0n) is 18.0. The Labute approximate surface area is 168 Å². The lowest BCUT2D eigenvalue weighted by molar-refractivity contribution is 0.00578. The van der Waals surface area contributed by atoms with Crippen LogP contribution in [0.2, 0.25) is 25.7 Å². The first-order valence-corrected chi connectivity index (χ1v) is 13.5. The fourth-order valence-corrected chi connectivity index (χ4v) is 3.81. The molecule has 3 heterocycles. The average molecular weight is 399 g/mol. The van der Waals surface area contributed by atoms with E-state index in [2.05, 4.69) is 30.7 Å². The second-order valence-corrected chi connectivity index (χ2v) is 15.3. The van der Waals surface area contributed by atoms with E-state index in [9.17, 15) is 5.26 Å².